The Morgan fingerprint density at radius 1 is 1.19 bits per heavy atom. The van der Waals surface area contributed by atoms with Gasteiger partial charge in [-0.1, -0.05) is 29.5 Å². The van der Waals surface area contributed by atoms with Gasteiger partial charge in [-0.25, -0.2) is 0 Å². The molecule has 0 radical (unpaired) electrons. The van der Waals surface area contributed by atoms with E-state index in [0.717, 1.165) is 11.3 Å². The summed E-state index contributed by atoms with van der Waals surface area (Å²) >= 11 is 0. The van der Waals surface area contributed by atoms with Crippen molar-refractivity contribution in [2.75, 3.05) is 7.11 Å². The van der Waals surface area contributed by atoms with Crippen LogP contribution in [0.5, 0.6) is 5.75 Å². The Hall–Kier alpha value is -2.95. The van der Waals surface area contributed by atoms with Gasteiger partial charge in [-0.05, 0) is 35.9 Å². The highest BCUT2D eigenvalue weighted by molar-refractivity contribution is 5.98. The van der Waals surface area contributed by atoms with Gasteiger partial charge in [-0.15, -0.1) is 5.10 Å². The lowest BCUT2D eigenvalue weighted by Crippen LogP contribution is -2.08. The zero-order valence-electron chi connectivity index (χ0n) is 11.4. The van der Waals surface area contributed by atoms with Crippen molar-refractivity contribution in [1.82, 2.24) is 15.0 Å². The fourth-order valence-electron chi connectivity index (χ4n) is 2.02. The Balaban J connectivity index is 1.87. The summed E-state index contributed by atoms with van der Waals surface area (Å²) in [4.78, 5) is 12.2. The monoisotopic (exact) mass is 279 g/mol. The van der Waals surface area contributed by atoms with Crippen molar-refractivity contribution >= 4 is 23.0 Å². The Labute approximate surface area is 121 Å². The molecule has 0 amide bonds. The highest BCUT2D eigenvalue weighted by Gasteiger charge is 2.08. The zero-order chi connectivity index (χ0) is 14.7. The van der Waals surface area contributed by atoms with Gasteiger partial charge < -0.3 is 4.74 Å². The average molecular weight is 279 g/mol. The third-order valence-electron chi connectivity index (χ3n) is 3.07. The van der Waals surface area contributed by atoms with Crippen LogP contribution >= 0.6 is 0 Å². The molecule has 0 N–H and O–H groups in total. The maximum Gasteiger partial charge on any atom is 0.272 e. The van der Waals surface area contributed by atoms with Crippen LogP contribution < -0.4 is 4.74 Å². The topological polar surface area (TPSA) is 57.0 Å². The molecule has 2 aromatic carbocycles. The predicted octanol–water partition coefficient (Wildman–Crippen LogP) is 2.79. The molecule has 104 valence electrons. The summed E-state index contributed by atoms with van der Waals surface area (Å²) in [5.74, 6) is 0.502. The normalized spacial score (nSPS) is 11.1. The number of allylic oxidation sites excluding steroid dienone is 1. The number of methoxy groups -OCH3 is 1. The minimum Gasteiger partial charge on any atom is -0.497 e. The number of hydrogen-bond acceptors (Lipinski definition) is 4. The smallest absolute Gasteiger partial charge is 0.272 e. The number of nitrogens with zero attached hydrogens (tertiary/aromatic N) is 3. The average Bonchev–Trinajstić information content (AvgIpc) is 2.97. The summed E-state index contributed by atoms with van der Waals surface area (Å²) in [7, 11) is 1.61. The van der Waals surface area contributed by atoms with E-state index in [4.69, 9.17) is 4.74 Å². The summed E-state index contributed by atoms with van der Waals surface area (Å²) in [6, 6.07) is 14.8. The van der Waals surface area contributed by atoms with Crippen molar-refractivity contribution < 1.29 is 9.53 Å². The molecule has 0 atom stereocenters. The molecule has 0 fully saturated rings. The molecule has 0 aliphatic carbocycles. The fraction of sp³-hybridized carbons (Fsp3) is 0.0625. The van der Waals surface area contributed by atoms with Gasteiger partial charge in [0.05, 0.1) is 12.6 Å². The van der Waals surface area contributed by atoms with Crippen molar-refractivity contribution in [3.8, 4) is 5.75 Å². The Morgan fingerprint density at radius 3 is 2.90 bits per heavy atom. The van der Waals surface area contributed by atoms with Crippen LogP contribution in [-0.2, 0) is 0 Å². The molecule has 5 heteroatoms. The lowest BCUT2D eigenvalue weighted by atomic mass is 10.2. The number of carbonyl (C=O) groups is 1. The van der Waals surface area contributed by atoms with E-state index in [1.165, 1.54) is 10.8 Å². The van der Waals surface area contributed by atoms with Crippen molar-refractivity contribution in [1.29, 1.82) is 0 Å². The van der Waals surface area contributed by atoms with E-state index in [1.54, 1.807) is 13.2 Å². The number of aromatic nitrogens is 3. The first-order valence-corrected chi connectivity index (χ1v) is 6.45. The molecule has 0 aliphatic heterocycles. The summed E-state index contributed by atoms with van der Waals surface area (Å²) in [5, 5.41) is 7.84. The van der Waals surface area contributed by atoms with Crippen LogP contribution in [0.2, 0.25) is 0 Å². The van der Waals surface area contributed by atoms with Gasteiger partial charge in [0.25, 0.3) is 5.91 Å². The Bertz CT molecular complexity index is 821. The zero-order valence-corrected chi connectivity index (χ0v) is 11.4. The van der Waals surface area contributed by atoms with Crippen LogP contribution in [0.15, 0.2) is 54.6 Å². The van der Waals surface area contributed by atoms with E-state index in [0.29, 0.717) is 11.0 Å². The van der Waals surface area contributed by atoms with Gasteiger partial charge in [0.2, 0.25) is 0 Å². The summed E-state index contributed by atoms with van der Waals surface area (Å²) in [5.41, 5.74) is 2.27. The third kappa shape index (κ3) is 2.67. The Kier molecular flexibility index (Phi) is 3.47. The fourth-order valence-corrected chi connectivity index (χ4v) is 2.02. The van der Waals surface area contributed by atoms with E-state index in [2.05, 4.69) is 10.3 Å². The molecule has 3 rings (SSSR count). The van der Waals surface area contributed by atoms with Crippen LogP contribution in [-0.4, -0.2) is 28.0 Å². The SMILES string of the molecule is COc1cccc(C=CC(=O)n2nnc3ccccc32)c1. The van der Waals surface area contributed by atoms with Gasteiger partial charge in [-0.3, -0.25) is 4.79 Å². The first-order chi connectivity index (χ1) is 10.3. The first kappa shape index (κ1) is 13.1. The molecule has 3 aromatic rings. The molecule has 21 heavy (non-hydrogen) atoms. The van der Waals surface area contributed by atoms with Gasteiger partial charge in [0.15, 0.2) is 0 Å². The quantitative estimate of drug-likeness (QED) is 0.692. The number of fused-ring (bicyclic) bond motifs is 1. The summed E-state index contributed by atoms with van der Waals surface area (Å²) in [6.07, 6.45) is 3.19. The van der Waals surface area contributed by atoms with E-state index in [1.807, 2.05) is 48.5 Å². The molecule has 0 bridgehead atoms. The lowest BCUT2D eigenvalue weighted by molar-refractivity contribution is 0.0958. The van der Waals surface area contributed by atoms with Crippen molar-refractivity contribution in [3.63, 3.8) is 0 Å². The highest BCUT2D eigenvalue weighted by atomic mass is 16.5. The van der Waals surface area contributed by atoms with Gasteiger partial charge in [0.1, 0.15) is 11.3 Å². The highest BCUT2D eigenvalue weighted by Crippen LogP contribution is 2.14. The van der Waals surface area contributed by atoms with Crippen LogP contribution in [0.4, 0.5) is 0 Å². The van der Waals surface area contributed by atoms with E-state index in [-0.39, 0.29) is 5.91 Å². The molecule has 1 aromatic heterocycles. The predicted molar refractivity (Wildman–Crippen MR) is 80.2 cm³/mol. The second-order valence-corrected chi connectivity index (χ2v) is 4.44. The number of benzene rings is 2. The summed E-state index contributed by atoms with van der Waals surface area (Å²) < 4.78 is 6.43. The Morgan fingerprint density at radius 2 is 2.05 bits per heavy atom. The maximum atomic E-state index is 12.2. The molecule has 0 saturated heterocycles. The molecular formula is C16H13N3O2. The van der Waals surface area contributed by atoms with Crippen LogP contribution in [0.25, 0.3) is 17.1 Å². The number of carbonyl (C=O) groups excluding carboxylic acids is 1. The molecule has 0 saturated carbocycles. The molecular weight excluding hydrogens is 266 g/mol. The molecule has 0 aliphatic rings. The van der Waals surface area contributed by atoms with Crippen molar-refractivity contribution in [2.45, 2.75) is 0 Å². The second kappa shape index (κ2) is 5.58. The largest absolute Gasteiger partial charge is 0.497 e. The van der Waals surface area contributed by atoms with Crippen molar-refractivity contribution in [2.24, 2.45) is 0 Å². The second-order valence-electron chi connectivity index (χ2n) is 4.44. The van der Waals surface area contributed by atoms with Gasteiger partial charge in [0, 0.05) is 6.08 Å². The molecule has 5 nitrogen and oxygen atoms in total. The summed E-state index contributed by atoms with van der Waals surface area (Å²) in [6.45, 7) is 0. The van der Waals surface area contributed by atoms with Crippen LogP contribution in [0, 0.1) is 0 Å². The molecule has 0 unspecified atom stereocenters. The van der Waals surface area contributed by atoms with Gasteiger partial charge >= 0.3 is 0 Å². The molecule has 1 heterocycles. The van der Waals surface area contributed by atoms with Gasteiger partial charge in [-0.2, -0.15) is 4.68 Å². The maximum absolute atomic E-state index is 12.2. The standard InChI is InChI=1S/C16H13N3O2/c1-21-13-6-4-5-12(11-13)9-10-16(20)19-15-8-3-2-7-14(15)17-18-19/h2-11H,1H3. The number of rotatable bonds is 3. The van der Waals surface area contributed by atoms with Crippen LogP contribution in [0.3, 0.4) is 0 Å². The minimum absolute atomic E-state index is 0.244. The number of hydrogen-bond donors (Lipinski definition) is 0. The van der Waals surface area contributed by atoms with E-state index < -0.39 is 0 Å². The minimum atomic E-state index is -0.244. The van der Waals surface area contributed by atoms with E-state index >= 15 is 0 Å². The molecule has 0 spiro atoms. The first-order valence-electron chi connectivity index (χ1n) is 6.45. The number of para-hydroxylation sites is 1. The van der Waals surface area contributed by atoms with E-state index in [9.17, 15) is 4.79 Å². The third-order valence-corrected chi connectivity index (χ3v) is 3.07. The number of ether oxygens (including phenoxy) is 1. The lowest BCUT2D eigenvalue weighted by Gasteiger charge is -2.00. The van der Waals surface area contributed by atoms with Crippen molar-refractivity contribution in [3.05, 3.63) is 60.2 Å². The van der Waals surface area contributed by atoms with Crippen LogP contribution in [0.1, 0.15) is 10.4 Å².